The van der Waals surface area contributed by atoms with Crippen LogP contribution in [0.2, 0.25) is 0 Å². The fourth-order valence-electron chi connectivity index (χ4n) is 1.84. The molecule has 22 heavy (non-hydrogen) atoms. The Bertz CT molecular complexity index is 854. The van der Waals surface area contributed by atoms with Crippen molar-refractivity contribution in [3.05, 3.63) is 45.3 Å². The Kier molecular flexibility index (Phi) is 3.79. The number of nitrogens with one attached hydrogen (secondary N) is 1. The van der Waals surface area contributed by atoms with Gasteiger partial charge in [0, 0.05) is 4.88 Å². The van der Waals surface area contributed by atoms with E-state index in [0.29, 0.717) is 5.82 Å². The lowest BCUT2D eigenvalue weighted by Gasteiger charge is -1.98. The van der Waals surface area contributed by atoms with Crippen LogP contribution < -0.4 is 5.43 Å². The molecule has 3 heterocycles. The summed E-state index contributed by atoms with van der Waals surface area (Å²) in [6.07, 6.45) is 3.75. The first-order valence-electron chi connectivity index (χ1n) is 6.44. The van der Waals surface area contributed by atoms with E-state index in [-0.39, 0.29) is 11.6 Å². The van der Waals surface area contributed by atoms with E-state index in [2.05, 4.69) is 27.4 Å². The average molecular weight is 317 g/mol. The van der Waals surface area contributed by atoms with Crippen LogP contribution in [0.4, 0.5) is 11.7 Å². The molecular weight excluding hydrogens is 306 g/mol. The van der Waals surface area contributed by atoms with Crippen LogP contribution in [0.1, 0.15) is 17.6 Å². The van der Waals surface area contributed by atoms with Crippen LogP contribution in [-0.4, -0.2) is 21.1 Å². The van der Waals surface area contributed by atoms with Crippen LogP contribution in [0.25, 0.3) is 10.2 Å². The van der Waals surface area contributed by atoms with Gasteiger partial charge in [-0.2, -0.15) is 5.10 Å². The highest BCUT2D eigenvalue weighted by Gasteiger charge is 2.10. The van der Waals surface area contributed by atoms with Crippen molar-refractivity contribution in [1.29, 1.82) is 0 Å². The van der Waals surface area contributed by atoms with Gasteiger partial charge in [0.2, 0.25) is 0 Å². The summed E-state index contributed by atoms with van der Waals surface area (Å²) >= 11 is 1.61. The highest BCUT2D eigenvalue weighted by Crippen LogP contribution is 2.28. The molecule has 0 fully saturated rings. The van der Waals surface area contributed by atoms with E-state index in [1.165, 1.54) is 29.6 Å². The normalized spacial score (nSPS) is 11.3. The molecule has 0 aromatic carbocycles. The number of aromatic nitrogens is 2. The van der Waals surface area contributed by atoms with Crippen LogP contribution in [0.3, 0.4) is 0 Å². The minimum atomic E-state index is -0.601. The number of nitro groups is 1. The quantitative estimate of drug-likeness (QED) is 0.440. The van der Waals surface area contributed by atoms with Crippen LogP contribution in [0.5, 0.6) is 0 Å². The first-order chi connectivity index (χ1) is 10.7. The number of hydrogen-bond acceptors (Lipinski definition) is 8. The van der Waals surface area contributed by atoms with Gasteiger partial charge >= 0.3 is 5.88 Å². The van der Waals surface area contributed by atoms with Crippen LogP contribution in [-0.2, 0) is 6.42 Å². The molecule has 0 atom stereocenters. The van der Waals surface area contributed by atoms with E-state index in [1.807, 2.05) is 6.07 Å². The summed E-state index contributed by atoms with van der Waals surface area (Å²) in [6, 6.07) is 4.77. The third-order valence-corrected chi connectivity index (χ3v) is 4.07. The molecular formula is C13H11N5O3S. The van der Waals surface area contributed by atoms with Gasteiger partial charge < -0.3 is 4.42 Å². The highest BCUT2D eigenvalue weighted by atomic mass is 32.1. The zero-order chi connectivity index (χ0) is 15.5. The van der Waals surface area contributed by atoms with Crippen LogP contribution in [0, 0.1) is 10.1 Å². The van der Waals surface area contributed by atoms with E-state index >= 15 is 0 Å². The van der Waals surface area contributed by atoms with Crippen molar-refractivity contribution in [2.45, 2.75) is 13.3 Å². The average Bonchev–Trinajstić information content (AvgIpc) is 3.13. The zero-order valence-corrected chi connectivity index (χ0v) is 12.3. The summed E-state index contributed by atoms with van der Waals surface area (Å²) in [7, 11) is 0. The Hall–Kier alpha value is -2.81. The van der Waals surface area contributed by atoms with Gasteiger partial charge in [-0.25, -0.2) is 9.97 Å². The number of rotatable bonds is 5. The molecule has 0 saturated carbocycles. The second-order valence-electron chi connectivity index (χ2n) is 4.31. The summed E-state index contributed by atoms with van der Waals surface area (Å²) in [4.78, 5) is 20.4. The molecule has 0 spiro atoms. The highest BCUT2D eigenvalue weighted by molar-refractivity contribution is 7.18. The second-order valence-corrected chi connectivity index (χ2v) is 5.43. The van der Waals surface area contributed by atoms with Crippen LogP contribution in [0.15, 0.2) is 34.0 Å². The second kappa shape index (κ2) is 5.90. The summed E-state index contributed by atoms with van der Waals surface area (Å²) in [5.74, 6) is 0.540. The van der Waals surface area contributed by atoms with Crippen molar-refractivity contribution in [1.82, 2.24) is 9.97 Å². The van der Waals surface area contributed by atoms with Crippen LogP contribution >= 0.6 is 11.3 Å². The molecule has 3 aromatic rings. The summed E-state index contributed by atoms with van der Waals surface area (Å²) in [5.41, 5.74) is 2.81. The number of thiophene rings is 1. The molecule has 3 aromatic heterocycles. The topological polar surface area (TPSA) is 106 Å². The van der Waals surface area contributed by atoms with Gasteiger partial charge in [0.1, 0.15) is 16.1 Å². The van der Waals surface area contributed by atoms with Gasteiger partial charge in [0.25, 0.3) is 0 Å². The number of aryl methyl sites for hydroxylation is 1. The SMILES string of the molecule is CCc1cc2c(NN=Cc3ccc([N+](=O)[O-])o3)ncnc2s1. The van der Waals surface area contributed by atoms with Crippen molar-refractivity contribution in [2.75, 3.05) is 5.43 Å². The third kappa shape index (κ3) is 2.79. The minimum Gasteiger partial charge on any atom is -0.400 e. The number of anilines is 1. The monoisotopic (exact) mass is 317 g/mol. The molecule has 0 unspecified atom stereocenters. The minimum absolute atomic E-state index is 0.282. The molecule has 0 radical (unpaired) electrons. The molecule has 8 nitrogen and oxygen atoms in total. The molecule has 0 saturated heterocycles. The molecule has 0 bridgehead atoms. The summed E-state index contributed by atoms with van der Waals surface area (Å²) in [6.45, 7) is 2.08. The number of furan rings is 1. The molecule has 3 rings (SSSR count). The molecule has 0 aliphatic carbocycles. The maximum Gasteiger partial charge on any atom is 0.433 e. The lowest BCUT2D eigenvalue weighted by atomic mass is 10.3. The number of hydrogen-bond donors (Lipinski definition) is 1. The zero-order valence-electron chi connectivity index (χ0n) is 11.5. The van der Waals surface area contributed by atoms with Gasteiger partial charge in [-0.05, 0) is 18.6 Å². The smallest absolute Gasteiger partial charge is 0.400 e. The number of hydrazone groups is 1. The Morgan fingerprint density at radius 2 is 2.36 bits per heavy atom. The molecule has 0 aliphatic heterocycles. The Morgan fingerprint density at radius 1 is 1.50 bits per heavy atom. The maximum atomic E-state index is 10.5. The predicted molar refractivity (Wildman–Crippen MR) is 83.4 cm³/mol. The van der Waals surface area contributed by atoms with Crippen molar-refractivity contribution >= 4 is 39.5 Å². The first-order valence-corrected chi connectivity index (χ1v) is 7.25. The summed E-state index contributed by atoms with van der Waals surface area (Å²) in [5, 5.41) is 15.4. The third-order valence-electron chi connectivity index (χ3n) is 2.88. The maximum absolute atomic E-state index is 10.5. The Morgan fingerprint density at radius 3 is 3.09 bits per heavy atom. The van der Waals surface area contributed by atoms with E-state index < -0.39 is 4.92 Å². The van der Waals surface area contributed by atoms with Crippen molar-refractivity contribution < 1.29 is 9.34 Å². The van der Waals surface area contributed by atoms with Crippen molar-refractivity contribution in [3.63, 3.8) is 0 Å². The molecule has 0 amide bonds. The summed E-state index contributed by atoms with van der Waals surface area (Å²) < 4.78 is 4.97. The van der Waals surface area contributed by atoms with Gasteiger partial charge in [-0.3, -0.25) is 15.5 Å². The van der Waals surface area contributed by atoms with Gasteiger partial charge in [-0.15, -0.1) is 11.3 Å². The van der Waals surface area contributed by atoms with Crippen molar-refractivity contribution in [2.24, 2.45) is 5.10 Å². The Labute approximate surface area is 128 Å². The number of nitrogens with zero attached hydrogens (tertiary/aromatic N) is 4. The van der Waals surface area contributed by atoms with E-state index in [1.54, 1.807) is 11.3 Å². The lowest BCUT2D eigenvalue weighted by Crippen LogP contribution is -1.94. The fourth-order valence-corrected chi connectivity index (χ4v) is 2.77. The van der Waals surface area contributed by atoms with E-state index in [0.717, 1.165) is 16.6 Å². The first kappa shape index (κ1) is 14.1. The van der Waals surface area contributed by atoms with Gasteiger partial charge in [0.15, 0.2) is 11.6 Å². The standard InChI is InChI=1S/C13H11N5O3S/c1-2-9-5-10-12(14-7-15-13(10)22-9)17-16-6-8-3-4-11(21-8)18(19)20/h3-7H,2H2,1H3,(H,14,15,17). The molecule has 9 heteroatoms. The largest absolute Gasteiger partial charge is 0.433 e. The molecule has 0 aliphatic rings. The van der Waals surface area contributed by atoms with E-state index in [9.17, 15) is 10.1 Å². The van der Waals surface area contributed by atoms with E-state index in [4.69, 9.17) is 4.42 Å². The van der Waals surface area contributed by atoms with Crippen molar-refractivity contribution in [3.8, 4) is 0 Å². The Balaban J connectivity index is 1.79. The molecule has 112 valence electrons. The van der Waals surface area contributed by atoms with Gasteiger partial charge in [0.05, 0.1) is 17.7 Å². The number of fused-ring (bicyclic) bond motifs is 1. The fraction of sp³-hybridized carbons (Fsp3) is 0.154. The lowest BCUT2D eigenvalue weighted by molar-refractivity contribution is -0.402. The molecule has 1 N–H and O–H groups in total. The predicted octanol–water partition coefficient (Wildman–Crippen LogP) is 3.20. The van der Waals surface area contributed by atoms with Gasteiger partial charge in [-0.1, -0.05) is 6.92 Å².